The lowest BCUT2D eigenvalue weighted by atomic mass is 10.2. The van der Waals surface area contributed by atoms with Gasteiger partial charge in [-0.25, -0.2) is 4.79 Å². The van der Waals surface area contributed by atoms with Crippen LogP contribution in [0.1, 0.15) is 17.4 Å². The van der Waals surface area contributed by atoms with Crippen molar-refractivity contribution in [3.63, 3.8) is 0 Å². The van der Waals surface area contributed by atoms with Crippen LogP contribution in [0.3, 0.4) is 0 Å². The van der Waals surface area contributed by atoms with Gasteiger partial charge < -0.3 is 5.11 Å². The number of carboxylic acids is 1. The van der Waals surface area contributed by atoms with Crippen LogP contribution in [0.5, 0.6) is 0 Å². The zero-order chi connectivity index (χ0) is 10.1. The molecule has 0 aliphatic carbocycles. The summed E-state index contributed by atoms with van der Waals surface area (Å²) in [5.74, 6) is -0.978. The van der Waals surface area contributed by atoms with Gasteiger partial charge in [0.2, 0.25) is 0 Å². The highest BCUT2D eigenvalue weighted by Gasteiger charge is 2.14. The molecule has 0 radical (unpaired) electrons. The number of benzene rings is 1. The molecule has 4 heteroatoms. The van der Waals surface area contributed by atoms with Crippen molar-refractivity contribution in [1.82, 2.24) is 9.78 Å². The van der Waals surface area contributed by atoms with Crippen molar-refractivity contribution in [3.05, 3.63) is 30.0 Å². The molecule has 2 aromatic rings. The van der Waals surface area contributed by atoms with Gasteiger partial charge in [0.15, 0.2) is 5.69 Å². The molecule has 0 unspecified atom stereocenters. The van der Waals surface area contributed by atoms with Gasteiger partial charge in [-0.15, -0.1) is 0 Å². The highest BCUT2D eigenvalue weighted by atomic mass is 16.4. The van der Waals surface area contributed by atoms with Crippen molar-refractivity contribution < 1.29 is 9.90 Å². The Kier molecular flexibility index (Phi) is 1.96. The highest BCUT2D eigenvalue weighted by molar-refractivity contribution is 6.01. The molecule has 0 saturated carbocycles. The Hall–Kier alpha value is -1.84. The van der Waals surface area contributed by atoms with Gasteiger partial charge in [0, 0.05) is 11.9 Å². The number of para-hydroxylation sites is 1. The maximum atomic E-state index is 10.9. The van der Waals surface area contributed by atoms with Gasteiger partial charge in [0.25, 0.3) is 0 Å². The molecule has 0 aliphatic rings. The number of carbonyl (C=O) groups is 1. The van der Waals surface area contributed by atoms with Crippen molar-refractivity contribution >= 4 is 16.9 Å². The first-order valence-electron chi connectivity index (χ1n) is 4.43. The summed E-state index contributed by atoms with van der Waals surface area (Å²) < 4.78 is 1.69. The Morgan fingerprint density at radius 3 is 2.86 bits per heavy atom. The largest absolute Gasteiger partial charge is 0.476 e. The number of hydrogen-bond acceptors (Lipinski definition) is 2. The predicted octanol–water partition coefficient (Wildman–Crippen LogP) is 1.75. The monoisotopic (exact) mass is 190 g/mol. The highest BCUT2D eigenvalue weighted by Crippen LogP contribution is 2.17. The van der Waals surface area contributed by atoms with E-state index in [0.717, 1.165) is 5.52 Å². The number of aryl methyl sites for hydroxylation is 1. The minimum Gasteiger partial charge on any atom is -0.476 e. The van der Waals surface area contributed by atoms with E-state index >= 15 is 0 Å². The number of rotatable bonds is 2. The van der Waals surface area contributed by atoms with Crippen molar-refractivity contribution in [2.45, 2.75) is 13.5 Å². The second-order valence-corrected chi connectivity index (χ2v) is 2.99. The molecule has 0 bridgehead atoms. The normalized spacial score (nSPS) is 10.6. The van der Waals surface area contributed by atoms with Gasteiger partial charge in [-0.1, -0.05) is 18.2 Å². The van der Waals surface area contributed by atoms with Gasteiger partial charge in [-0.2, -0.15) is 5.10 Å². The number of carboxylic acid groups (broad SMARTS) is 1. The van der Waals surface area contributed by atoms with Gasteiger partial charge in [0.1, 0.15) is 0 Å². The summed E-state index contributed by atoms with van der Waals surface area (Å²) in [6.07, 6.45) is 0. The van der Waals surface area contributed by atoms with Crippen LogP contribution < -0.4 is 0 Å². The first kappa shape index (κ1) is 8.74. The van der Waals surface area contributed by atoms with E-state index in [4.69, 9.17) is 5.11 Å². The topological polar surface area (TPSA) is 55.1 Å². The number of aromatic nitrogens is 2. The molecule has 1 N–H and O–H groups in total. The SMILES string of the molecule is CCn1nc(C(=O)O)c2ccccc21. The molecule has 0 atom stereocenters. The summed E-state index contributed by atoms with van der Waals surface area (Å²) in [6, 6.07) is 7.34. The molecule has 0 fully saturated rings. The zero-order valence-electron chi connectivity index (χ0n) is 7.77. The average molecular weight is 190 g/mol. The summed E-state index contributed by atoms with van der Waals surface area (Å²) in [6.45, 7) is 2.61. The third kappa shape index (κ3) is 1.16. The fourth-order valence-electron chi connectivity index (χ4n) is 1.53. The maximum absolute atomic E-state index is 10.9. The van der Waals surface area contributed by atoms with E-state index in [2.05, 4.69) is 5.10 Å². The third-order valence-electron chi connectivity index (χ3n) is 2.16. The third-order valence-corrected chi connectivity index (χ3v) is 2.16. The first-order chi connectivity index (χ1) is 6.74. The van der Waals surface area contributed by atoms with Crippen LogP contribution in [0.25, 0.3) is 10.9 Å². The fraction of sp³-hybridized carbons (Fsp3) is 0.200. The Labute approximate surface area is 80.8 Å². The zero-order valence-corrected chi connectivity index (χ0v) is 7.77. The summed E-state index contributed by atoms with van der Waals surface area (Å²) in [7, 11) is 0. The molecule has 14 heavy (non-hydrogen) atoms. The molecule has 0 aliphatic heterocycles. The number of nitrogens with zero attached hydrogens (tertiary/aromatic N) is 2. The minimum absolute atomic E-state index is 0.127. The molecule has 1 heterocycles. The van der Waals surface area contributed by atoms with Crippen LogP contribution >= 0.6 is 0 Å². The molecule has 0 spiro atoms. The molecule has 2 rings (SSSR count). The van der Waals surface area contributed by atoms with E-state index in [1.807, 2.05) is 25.1 Å². The van der Waals surface area contributed by atoms with E-state index in [0.29, 0.717) is 11.9 Å². The van der Waals surface area contributed by atoms with Crippen molar-refractivity contribution in [2.75, 3.05) is 0 Å². The average Bonchev–Trinajstić information content (AvgIpc) is 2.56. The Morgan fingerprint density at radius 2 is 2.21 bits per heavy atom. The van der Waals surface area contributed by atoms with Gasteiger partial charge in [0.05, 0.1) is 5.52 Å². The molecule has 1 aromatic heterocycles. The Morgan fingerprint density at radius 1 is 1.50 bits per heavy atom. The molecule has 72 valence electrons. The standard InChI is InChI=1S/C10H10N2O2/c1-2-12-8-6-4-3-5-7(8)9(11-12)10(13)14/h3-6H,2H2,1H3,(H,13,14). The van der Waals surface area contributed by atoms with E-state index in [9.17, 15) is 4.79 Å². The van der Waals surface area contributed by atoms with Crippen molar-refractivity contribution in [1.29, 1.82) is 0 Å². The summed E-state index contributed by atoms with van der Waals surface area (Å²) >= 11 is 0. The predicted molar refractivity (Wildman–Crippen MR) is 52.4 cm³/mol. The summed E-state index contributed by atoms with van der Waals surface area (Å²) in [5.41, 5.74) is 0.995. The van der Waals surface area contributed by atoms with E-state index in [1.165, 1.54) is 0 Å². The second kappa shape index (κ2) is 3.14. The van der Waals surface area contributed by atoms with Gasteiger partial charge >= 0.3 is 5.97 Å². The van der Waals surface area contributed by atoms with Crippen molar-refractivity contribution in [2.24, 2.45) is 0 Å². The number of fused-ring (bicyclic) bond motifs is 1. The van der Waals surface area contributed by atoms with E-state index in [1.54, 1.807) is 10.7 Å². The minimum atomic E-state index is -0.978. The quantitative estimate of drug-likeness (QED) is 0.784. The maximum Gasteiger partial charge on any atom is 0.357 e. The van der Waals surface area contributed by atoms with Crippen LogP contribution in [0.2, 0.25) is 0 Å². The molecular formula is C10H10N2O2. The lowest BCUT2D eigenvalue weighted by Crippen LogP contribution is -2.01. The first-order valence-corrected chi connectivity index (χ1v) is 4.43. The van der Waals surface area contributed by atoms with E-state index < -0.39 is 5.97 Å². The van der Waals surface area contributed by atoms with Crippen LogP contribution in [0, 0.1) is 0 Å². The van der Waals surface area contributed by atoms with Crippen molar-refractivity contribution in [3.8, 4) is 0 Å². The number of hydrogen-bond donors (Lipinski definition) is 1. The van der Waals surface area contributed by atoms with E-state index in [-0.39, 0.29) is 5.69 Å². The molecule has 1 aromatic carbocycles. The lowest BCUT2D eigenvalue weighted by Gasteiger charge is -1.95. The lowest BCUT2D eigenvalue weighted by molar-refractivity contribution is 0.0691. The van der Waals surface area contributed by atoms with Crippen LogP contribution in [-0.2, 0) is 6.54 Å². The van der Waals surface area contributed by atoms with Crippen LogP contribution in [0.4, 0.5) is 0 Å². The fourth-order valence-corrected chi connectivity index (χ4v) is 1.53. The Bertz CT molecular complexity index is 488. The molecular weight excluding hydrogens is 180 g/mol. The van der Waals surface area contributed by atoms with Crippen LogP contribution in [0.15, 0.2) is 24.3 Å². The second-order valence-electron chi connectivity index (χ2n) is 2.99. The Balaban J connectivity index is 2.80. The summed E-state index contributed by atoms with van der Waals surface area (Å²) in [4.78, 5) is 10.9. The summed E-state index contributed by atoms with van der Waals surface area (Å²) in [5, 5.41) is 13.6. The molecule has 0 amide bonds. The molecule has 0 saturated heterocycles. The van der Waals surface area contributed by atoms with Gasteiger partial charge in [-0.05, 0) is 13.0 Å². The van der Waals surface area contributed by atoms with Gasteiger partial charge in [-0.3, -0.25) is 4.68 Å². The number of aromatic carboxylic acids is 1. The van der Waals surface area contributed by atoms with Crippen LogP contribution in [-0.4, -0.2) is 20.9 Å². The smallest absolute Gasteiger partial charge is 0.357 e. The molecule has 4 nitrogen and oxygen atoms in total.